The van der Waals surface area contributed by atoms with E-state index >= 15 is 0 Å². The molecule has 3 aromatic rings. The van der Waals surface area contributed by atoms with E-state index in [9.17, 15) is 13.6 Å². The number of aromatic nitrogens is 2. The molecule has 2 aromatic carbocycles. The van der Waals surface area contributed by atoms with E-state index in [4.69, 9.17) is 23.2 Å². The minimum Gasteiger partial charge on any atom is -0.325 e. The molecule has 0 amide bonds. The van der Waals surface area contributed by atoms with E-state index in [2.05, 4.69) is 15.3 Å². The van der Waals surface area contributed by atoms with Crippen LogP contribution in [0, 0.1) is 11.6 Å². The van der Waals surface area contributed by atoms with Crippen molar-refractivity contribution in [1.82, 2.24) is 9.97 Å². The van der Waals surface area contributed by atoms with E-state index in [1.807, 2.05) is 0 Å². The van der Waals surface area contributed by atoms with E-state index in [1.165, 1.54) is 12.1 Å². The molecule has 0 aliphatic carbocycles. The number of benzene rings is 2. The fraction of sp³-hybridized carbons (Fsp3) is 0. The van der Waals surface area contributed by atoms with Crippen molar-refractivity contribution >= 4 is 45.7 Å². The largest absolute Gasteiger partial charge is 0.325 e. The Bertz CT molecular complexity index is 923. The Labute approximate surface area is 132 Å². The summed E-state index contributed by atoms with van der Waals surface area (Å²) in [5, 5.41) is 3.34. The summed E-state index contributed by atoms with van der Waals surface area (Å²) < 4.78 is 26.3. The molecule has 1 heterocycles. The highest BCUT2D eigenvalue weighted by Gasteiger charge is 2.10. The van der Waals surface area contributed by atoms with Crippen molar-refractivity contribution in [3.63, 3.8) is 0 Å². The summed E-state index contributed by atoms with van der Waals surface area (Å²) in [6, 6.07) is 5.75. The number of anilines is 2. The standard InChI is InChI=1S/C14H7Cl2F2N3O/c15-6-1-10-12(11(16)2-6)20-14(21-13(10)22)19-9-4-7(17)3-8(18)5-9/h1-5H,(H2,19,20,21,22). The Morgan fingerprint density at radius 2 is 1.73 bits per heavy atom. The number of aromatic amines is 1. The van der Waals surface area contributed by atoms with E-state index in [1.54, 1.807) is 0 Å². The maximum atomic E-state index is 13.2. The second kappa shape index (κ2) is 5.55. The van der Waals surface area contributed by atoms with Crippen LogP contribution in [0.25, 0.3) is 10.9 Å². The molecule has 22 heavy (non-hydrogen) atoms. The third-order valence-corrected chi connectivity index (χ3v) is 3.36. The molecule has 1 aromatic heterocycles. The first-order chi connectivity index (χ1) is 10.4. The maximum absolute atomic E-state index is 13.2. The van der Waals surface area contributed by atoms with Gasteiger partial charge in [0.25, 0.3) is 5.56 Å². The molecular weight excluding hydrogens is 335 g/mol. The van der Waals surface area contributed by atoms with Gasteiger partial charge in [-0.05, 0) is 24.3 Å². The van der Waals surface area contributed by atoms with Crippen LogP contribution < -0.4 is 10.9 Å². The highest BCUT2D eigenvalue weighted by Crippen LogP contribution is 2.25. The SMILES string of the molecule is O=c1[nH]c(Nc2cc(F)cc(F)c2)nc2c(Cl)cc(Cl)cc12. The minimum atomic E-state index is -0.754. The fourth-order valence-corrected chi connectivity index (χ4v) is 2.52. The number of halogens is 4. The summed E-state index contributed by atoms with van der Waals surface area (Å²) in [7, 11) is 0. The van der Waals surface area contributed by atoms with Gasteiger partial charge in [-0.1, -0.05) is 23.2 Å². The van der Waals surface area contributed by atoms with Gasteiger partial charge in [0.05, 0.1) is 15.9 Å². The third-order valence-electron chi connectivity index (χ3n) is 2.85. The number of H-pyrrole nitrogens is 1. The average Bonchev–Trinajstić information content (AvgIpc) is 2.39. The number of rotatable bonds is 2. The van der Waals surface area contributed by atoms with E-state index in [0.717, 1.165) is 18.2 Å². The molecule has 4 nitrogen and oxygen atoms in total. The minimum absolute atomic E-state index is 0.00622. The topological polar surface area (TPSA) is 57.8 Å². The molecule has 0 unspecified atom stereocenters. The normalized spacial score (nSPS) is 10.9. The Kier molecular flexibility index (Phi) is 3.72. The third kappa shape index (κ3) is 2.88. The first-order valence-corrected chi connectivity index (χ1v) is 6.80. The highest BCUT2D eigenvalue weighted by molar-refractivity contribution is 6.38. The molecule has 0 spiro atoms. The van der Waals surface area contributed by atoms with Crippen LogP contribution in [0.2, 0.25) is 10.0 Å². The van der Waals surface area contributed by atoms with Gasteiger partial charge in [-0.2, -0.15) is 0 Å². The smallest absolute Gasteiger partial charge is 0.260 e. The van der Waals surface area contributed by atoms with Crippen molar-refractivity contribution in [2.75, 3.05) is 5.32 Å². The van der Waals surface area contributed by atoms with Gasteiger partial charge in [0.15, 0.2) is 0 Å². The van der Waals surface area contributed by atoms with Crippen LogP contribution in [0.15, 0.2) is 35.1 Å². The van der Waals surface area contributed by atoms with Gasteiger partial charge in [0.1, 0.15) is 11.6 Å². The predicted molar refractivity (Wildman–Crippen MR) is 82.0 cm³/mol. The second-order valence-electron chi connectivity index (χ2n) is 4.48. The number of nitrogens with one attached hydrogen (secondary N) is 2. The molecule has 0 bridgehead atoms. The van der Waals surface area contributed by atoms with Gasteiger partial charge < -0.3 is 5.32 Å². The molecule has 3 rings (SSSR count). The predicted octanol–water partition coefficient (Wildman–Crippen LogP) is 4.25. The molecule has 0 aliphatic heterocycles. The monoisotopic (exact) mass is 341 g/mol. The van der Waals surface area contributed by atoms with Crippen LogP contribution >= 0.6 is 23.2 Å². The Hall–Kier alpha value is -2.18. The first kappa shape index (κ1) is 14.7. The number of nitrogens with zero attached hydrogens (tertiary/aromatic N) is 1. The Morgan fingerprint density at radius 1 is 1.05 bits per heavy atom. The van der Waals surface area contributed by atoms with Crippen molar-refractivity contribution in [1.29, 1.82) is 0 Å². The second-order valence-corrected chi connectivity index (χ2v) is 5.33. The molecule has 8 heteroatoms. The van der Waals surface area contributed by atoms with Crippen molar-refractivity contribution in [2.24, 2.45) is 0 Å². The van der Waals surface area contributed by atoms with Crippen molar-refractivity contribution < 1.29 is 8.78 Å². The molecule has 0 atom stereocenters. The molecule has 0 radical (unpaired) electrons. The molecule has 0 saturated carbocycles. The van der Waals surface area contributed by atoms with E-state index in [-0.39, 0.29) is 27.6 Å². The molecule has 0 fully saturated rings. The molecular formula is C14H7Cl2F2N3O. The van der Waals surface area contributed by atoms with Gasteiger partial charge in [-0.25, -0.2) is 13.8 Å². The highest BCUT2D eigenvalue weighted by atomic mass is 35.5. The first-order valence-electron chi connectivity index (χ1n) is 6.04. The lowest BCUT2D eigenvalue weighted by Gasteiger charge is -2.08. The molecule has 112 valence electrons. The van der Waals surface area contributed by atoms with Gasteiger partial charge in [-0.3, -0.25) is 9.78 Å². The lowest BCUT2D eigenvalue weighted by Crippen LogP contribution is -2.11. The van der Waals surface area contributed by atoms with Crippen LogP contribution in [0.4, 0.5) is 20.4 Å². The summed E-state index contributed by atoms with van der Waals surface area (Å²) in [4.78, 5) is 18.6. The van der Waals surface area contributed by atoms with Crippen LogP contribution in [0.5, 0.6) is 0 Å². The molecule has 0 aliphatic rings. The Balaban J connectivity index is 2.10. The number of hydrogen-bond donors (Lipinski definition) is 2. The van der Waals surface area contributed by atoms with Gasteiger partial charge >= 0.3 is 0 Å². The molecule has 0 saturated heterocycles. The average molecular weight is 342 g/mol. The summed E-state index contributed by atoms with van der Waals surface area (Å²) >= 11 is 11.8. The van der Waals surface area contributed by atoms with Crippen LogP contribution in [0.3, 0.4) is 0 Å². The van der Waals surface area contributed by atoms with Crippen molar-refractivity contribution in [3.8, 4) is 0 Å². The van der Waals surface area contributed by atoms with Crippen LogP contribution in [-0.2, 0) is 0 Å². The lowest BCUT2D eigenvalue weighted by molar-refractivity contribution is 0.584. The maximum Gasteiger partial charge on any atom is 0.260 e. The lowest BCUT2D eigenvalue weighted by atomic mass is 10.2. The zero-order valence-corrected chi connectivity index (χ0v) is 12.3. The summed E-state index contributed by atoms with van der Waals surface area (Å²) in [5.41, 5.74) is -0.145. The van der Waals surface area contributed by atoms with Crippen molar-refractivity contribution in [2.45, 2.75) is 0 Å². The fourth-order valence-electron chi connectivity index (χ4n) is 1.99. The van der Waals surface area contributed by atoms with Gasteiger partial charge in [0, 0.05) is 16.8 Å². The van der Waals surface area contributed by atoms with Gasteiger partial charge in [-0.15, -0.1) is 0 Å². The van der Waals surface area contributed by atoms with Crippen LogP contribution in [-0.4, -0.2) is 9.97 Å². The summed E-state index contributed by atoms with van der Waals surface area (Å²) in [6.45, 7) is 0. The number of fused-ring (bicyclic) bond motifs is 1. The van der Waals surface area contributed by atoms with Crippen LogP contribution in [0.1, 0.15) is 0 Å². The summed E-state index contributed by atoms with van der Waals surface area (Å²) in [6.07, 6.45) is 0. The number of hydrogen-bond acceptors (Lipinski definition) is 3. The quantitative estimate of drug-likeness (QED) is 0.732. The van der Waals surface area contributed by atoms with E-state index in [0.29, 0.717) is 5.02 Å². The summed E-state index contributed by atoms with van der Waals surface area (Å²) in [5.74, 6) is -1.50. The zero-order valence-electron chi connectivity index (χ0n) is 10.8. The molecule has 2 N–H and O–H groups in total. The van der Waals surface area contributed by atoms with Gasteiger partial charge in [0.2, 0.25) is 5.95 Å². The van der Waals surface area contributed by atoms with E-state index < -0.39 is 17.2 Å². The Morgan fingerprint density at radius 3 is 2.41 bits per heavy atom. The zero-order chi connectivity index (χ0) is 15.9. The van der Waals surface area contributed by atoms with Crippen molar-refractivity contribution in [3.05, 3.63) is 62.4 Å².